The molecule has 0 saturated carbocycles. The fourth-order valence-electron chi connectivity index (χ4n) is 1.41. The minimum Gasteiger partial charge on any atom is -0.381 e. The smallest absolute Gasteiger partial charge is 0.139 e. The van der Waals surface area contributed by atoms with Crippen molar-refractivity contribution in [2.45, 2.75) is 6.54 Å². The molecule has 1 nitrogen and oxygen atoms in total. The summed E-state index contributed by atoms with van der Waals surface area (Å²) in [5.41, 5.74) is 1.85. The standard InChI is InChI=1S/C13H10BrClFN/c14-12-6-5-11(7-13(12)16)17-8-9-1-3-10(15)4-2-9/h1-7,17H,8H2. The molecule has 0 unspecified atom stereocenters. The first-order valence-electron chi connectivity index (χ1n) is 5.08. The van der Waals surface area contributed by atoms with E-state index in [1.807, 2.05) is 30.3 Å². The molecule has 0 aliphatic carbocycles. The van der Waals surface area contributed by atoms with Crippen LogP contribution in [0.2, 0.25) is 5.02 Å². The molecule has 2 aromatic rings. The molecule has 2 rings (SSSR count). The van der Waals surface area contributed by atoms with E-state index in [4.69, 9.17) is 11.6 Å². The summed E-state index contributed by atoms with van der Waals surface area (Å²) in [7, 11) is 0. The fourth-order valence-corrected chi connectivity index (χ4v) is 1.79. The van der Waals surface area contributed by atoms with E-state index >= 15 is 0 Å². The van der Waals surface area contributed by atoms with Crippen LogP contribution in [0.3, 0.4) is 0 Å². The first-order valence-corrected chi connectivity index (χ1v) is 6.25. The monoisotopic (exact) mass is 313 g/mol. The summed E-state index contributed by atoms with van der Waals surface area (Å²) in [6.45, 7) is 0.637. The molecular formula is C13H10BrClFN. The lowest BCUT2D eigenvalue weighted by Gasteiger charge is -2.07. The van der Waals surface area contributed by atoms with Crippen LogP contribution in [0.5, 0.6) is 0 Å². The molecule has 0 aliphatic heterocycles. The number of halogens is 3. The van der Waals surface area contributed by atoms with Crippen molar-refractivity contribution in [1.29, 1.82) is 0 Å². The van der Waals surface area contributed by atoms with Crippen LogP contribution < -0.4 is 5.32 Å². The molecule has 4 heteroatoms. The van der Waals surface area contributed by atoms with Crippen LogP contribution in [0.1, 0.15) is 5.56 Å². The van der Waals surface area contributed by atoms with Gasteiger partial charge in [0.1, 0.15) is 5.82 Å². The van der Waals surface area contributed by atoms with Gasteiger partial charge in [-0.25, -0.2) is 4.39 Å². The molecule has 0 aliphatic rings. The maximum atomic E-state index is 13.3. The molecule has 0 spiro atoms. The van der Waals surface area contributed by atoms with Crippen molar-refractivity contribution in [3.8, 4) is 0 Å². The Kier molecular flexibility index (Phi) is 4.02. The Balaban J connectivity index is 2.02. The van der Waals surface area contributed by atoms with E-state index < -0.39 is 0 Å². The Labute approximate surface area is 113 Å². The van der Waals surface area contributed by atoms with Crippen LogP contribution in [0.25, 0.3) is 0 Å². The number of nitrogens with one attached hydrogen (secondary N) is 1. The summed E-state index contributed by atoms with van der Waals surface area (Å²) in [5.74, 6) is -0.272. The van der Waals surface area contributed by atoms with Crippen LogP contribution in [-0.2, 0) is 6.54 Å². The second kappa shape index (κ2) is 5.52. The van der Waals surface area contributed by atoms with Crippen LogP contribution in [0.4, 0.5) is 10.1 Å². The quantitative estimate of drug-likeness (QED) is 0.853. The van der Waals surface area contributed by atoms with Gasteiger partial charge in [0.05, 0.1) is 4.47 Å². The van der Waals surface area contributed by atoms with Crippen LogP contribution in [-0.4, -0.2) is 0 Å². The van der Waals surface area contributed by atoms with Gasteiger partial charge in [-0.05, 0) is 51.8 Å². The van der Waals surface area contributed by atoms with Gasteiger partial charge in [0, 0.05) is 17.3 Å². The van der Waals surface area contributed by atoms with Gasteiger partial charge in [-0.2, -0.15) is 0 Å². The van der Waals surface area contributed by atoms with Gasteiger partial charge < -0.3 is 5.32 Å². The zero-order valence-corrected chi connectivity index (χ0v) is 11.2. The highest BCUT2D eigenvalue weighted by molar-refractivity contribution is 9.10. The summed E-state index contributed by atoms with van der Waals surface area (Å²) in [6.07, 6.45) is 0. The van der Waals surface area contributed by atoms with Gasteiger partial charge in [0.15, 0.2) is 0 Å². The van der Waals surface area contributed by atoms with Gasteiger partial charge >= 0.3 is 0 Å². The second-order valence-corrected chi connectivity index (χ2v) is 4.90. The van der Waals surface area contributed by atoms with Gasteiger partial charge in [-0.3, -0.25) is 0 Å². The average Bonchev–Trinajstić information content (AvgIpc) is 2.33. The molecular weight excluding hydrogens is 305 g/mol. The third kappa shape index (κ3) is 3.45. The lowest BCUT2D eigenvalue weighted by molar-refractivity contribution is 0.621. The molecule has 88 valence electrons. The molecule has 17 heavy (non-hydrogen) atoms. The molecule has 1 N–H and O–H groups in total. The van der Waals surface area contributed by atoms with Crippen molar-refractivity contribution in [1.82, 2.24) is 0 Å². The molecule has 0 saturated heterocycles. The largest absolute Gasteiger partial charge is 0.381 e. The summed E-state index contributed by atoms with van der Waals surface area (Å²) in [5, 5.41) is 3.86. The summed E-state index contributed by atoms with van der Waals surface area (Å²) < 4.78 is 13.7. The average molecular weight is 315 g/mol. The highest BCUT2D eigenvalue weighted by Gasteiger charge is 2.00. The first-order chi connectivity index (χ1) is 8.15. The predicted octanol–water partition coefficient (Wildman–Crippen LogP) is 4.85. The molecule has 0 aromatic heterocycles. The number of hydrogen-bond acceptors (Lipinski definition) is 1. The molecule has 0 bridgehead atoms. The minimum absolute atomic E-state index is 0.272. The fraction of sp³-hybridized carbons (Fsp3) is 0.0769. The van der Waals surface area contributed by atoms with Crippen molar-refractivity contribution in [3.63, 3.8) is 0 Å². The molecule has 0 radical (unpaired) electrons. The molecule has 0 amide bonds. The van der Waals surface area contributed by atoms with E-state index in [1.165, 1.54) is 6.07 Å². The Morgan fingerprint density at radius 3 is 2.47 bits per heavy atom. The van der Waals surface area contributed by atoms with Crippen molar-refractivity contribution >= 4 is 33.2 Å². The number of rotatable bonds is 3. The van der Waals surface area contributed by atoms with Gasteiger partial charge in [-0.15, -0.1) is 0 Å². The van der Waals surface area contributed by atoms with E-state index in [2.05, 4.69) is 21.2 Å². The van der Waals surface area contributed by atoms with Gasteiger partial charge in [0.2, 0.25) is 0 Å². The third-order valence-corrected chi connectivity index (χ3v) is 3.22. The van der Waals surface area contributed by atoms with Gasteiger partial charge in [0.25, 0.3) is 0 Å². The van der Waals surface area contributed by atoms with E-state index in [9.17, 15) is 4.39 Å². The number of hydrogen-bond donors (Lipinski definition) is 1. The lowest BCUT2D eigenvalue weighted by atomic mass is 10.2. The maximum Gasteiger partial charge on any atom is 0.139 e. The first kappa shape index (κ1) is 12.4. The van der Waals surface area contributed by atoms with E-state index in [0.717, 1.165) is 11.3 Å². The minimum atomic E-state index is -0.272. The predicted molar refractivity (Wildman–Crippen MR) is 72.9 cm³/mol. The zero-order chi connectivity index (χ0) is 12.3. The molecule has 2 aromatic carbocycles. The Morgan fingerprint density at radius 1 is 1.12 bits per heavy atom. The second-order valence-electron chi connectivity index (χ2n) is 3.61. The number of anilines is 1. The Morgan fingerprint density at radius 2 is 1.82 bits per heavy atom. The SMILES string of the molecule is Fc1cc(NCc2ccc(Cl)cc2)ccc1Br. The van der Waals surface area contributed by atoms with Crippen molar-refractivity contribution in [2.24, 2.45) is 0 Å². The third-order valence-electron chi connectivity index (χ3n) is 2.33. The van der Waals surface area contributed by atoms with Crippen molar-refractivity contribution < 1.29 is 4.39 Å². The van der Waals surface area contributed by atoms with Crippen LogP contribution in [0, 0.1) is 5.82 Å². The van der Waals surface area contributed by atoms with Crippen molar-refractivity contribution in [3.05, 3.63) is 63.3 Å². The molecule has 0 fully saturated rings. The summed E-state index contributed by atoms with van der Waals surface area (Å²) in [4.78, 5) is 0. The number of benzene rings is 2. The normalized spacial score (nSPS) is 10.3. The van der Waals surface area contributed by atoms with E-state index in [0.29, 0.717) is 16.0 Å². The highest BCUT2D eigenvalue weighted by atomic mass is 79.9. The van der Waals surface area contributed by atoms with E-state index in [1.54, 1.807) is 6.07 Å². The Hall–Kier alpha value is -1.06. The summed E-state index contributed by atoms with van der Waals surface area (Å²) >= 11 is 8.91. The van der Waals surface area contributed by atoms with Crippen LogP contribution >= 0.6 is 27.5 Å². The highest BCUT2D eigenvalue weighted by Crippen LogP contribution is 2.20. The molecule has 0 heterocycles. The maximum absolute atomic E-state index is 13.3. The van der Waals surface area contributed by atoms with Gasteiger partial charge in [-0.1, -0.05) is 23.7 Å². The topological polar surface area (TPSA) is 12.0 Å². The lowest BCUT2D eigenvalue weighted by Crippen LogP contribution is -1.99. The van der Waals surface area contributed by atoms with Crippen molar-refractivity contribution in [2.75, 3.05) is 5.32 Å². The summed E-state index contributed by atoms with van der Waals surface area (Å²) in [6, 6.07) is 12.5. The molecule has 0 atom stereocenters. The zero-order valence-electron chi connectivity index (χ0n) is 8.88. The van der Waals surface area contributed by atoms with Crippen LogP contribution in [0.15, 0.2) is 46.9 Å². The van der Waals surface area contributed by atoms with E-state index in [-0.39, 0.29) is 5.82 Å². The Bertz CT molecular complexity index is 513.